The van der Waals surface area contributed by atoms with Crippen LogP contribution in [0.2, 0.25) is 0 Å². The van der Waals surface area contributed by atoms with Crippen LogP contribution in [0.3, 0.4) is 0 Å². The molecule has 0 bridgehead atoms. The fourth-order valence-electron chi connectivity index (χ4n) is 2.06. The molecule has 112 valence electrons. The number of nitrogens with zero attached hydrogens (tertiary/aromatic N) is 2. The first kappa shape index (κ1) is 14.9. The zero-order valence-corrected chi connectivity index (χ0v) is 12.3. The summed E-state index contributed by atoms with van der Waals surface area (Å²) in [7, 11) is 1.88. The normalized spacial score (nSPS) is 10.4. The van der Waals surface area contributed by atoms with E-state index in [0.29, 0.717) is 30.1 Å². The van der Waals surface area contributed by atoms with Gasteiger partial charge in [0.25, 0.3) is 0 Å². The van der Waals surface area contributed by atoms with Gasteiger partial charge in [0.05, 0.1) is 29.2 Å². The first-order chi connectivity index (χ1) is 10.1. The average molecular weight is 288 g/mol. The Hall–Kier alpha value is -2.50. The Morgan fingerprint density at radius 1 is 1.43 bits per heavy atom. The van der Waals surface area contributed by atoms with Crippen molar-refractivity contribution >= 4 is 17.3 Å². The number of benzene rings is 1. The van der Waals surface area contributed by atoms with Crippen molar-refractivity contribution in [3.8, 4) is 0 Å². The lowest BCUT2D eigenvalue weighted by Crippen LogP contribution is -2.13. The number of rotatable bonds is 6. The third kappa shape index (κ3) is 3.75. The van der Waals surface area contributed by atoms with Gasteiger partial charge in [-0.15, -0.1) is 0 Å². The number of carbonyl (C=O) groups is 1. The van der Waals surface area contributed by atoms with E-state index in [2.05, 4.69) is 10.4 Å². The summed E-state index contributed by atoms with van der Waals surface area (Å²) in [4.78, 5) is 11.9. The molecule has 0 aliphatic heterocycles. The summed E-state index contributed by atoms with van der Waals surface area (Å²) in [6, 6.07) is 7.16. The lowest BCUT2D eigenvalue weighted by Gasteiger charge is -2.13. The van der Waals surface area contributed by atoms with Crippen molar-refractivity contribution in [3.05, 3.63) is 41.7 Å². The quantitative estimate of drug-likeness (QED) is 0.626. The van der Waals surface area contributed by atoms with Gasteiger partial charge in [0.1, 0.15) is 0 Å². The van der Waals surface area contributed by atoms with Crippen LogP contribution >= 0.6 is 0 Å². The van der Waals surface area contributed by atoms with E-state index in [1.165, 1.54) is 0 Å². The maximum Gasteiger partial charge on any atom is 0.340 e. The van der Waals surface area contributed by atoms with E-state index in [1.54, 1.807) is 29.8 Å². The van der Waals surface area contributed by atoms with Gasteiger partial charge in [0.2, 0.25) is 0 Å². The second-order valence-corrected chi connectivity index (χ2v) is 4.65. The molecular formula is C15H20N4O2. The van der Waals surface area contributed by atoms with E-state index in [9.17, 15) is 4.79 Å². The van der Waals surface area contributed by atoms with Gasteiger partial charge in [-0.05, 0) is 25.1 Å². The van der Waals surface area contributed by atoms with Crippen LogP contribution < -0.4 is 11.1 Å². The summed E-state index contributed by atoms with van der Waals surface area (Å²) in [6.07, 6.45) is 2.65. The lowest BCUT2D eigenvalue weighted by atomic mass is 10.1. The fourth-order valence-corrected chi connectivity index (χ4v) is 2.06. The monoisotopic (exact) mass is 288 g/mol. The molecule has 3 N–H and O–H groups in total. The Kier molecular flexibility index (Phi) is 4.81. The third-order valence-electron chi connectivity index (χ3n) is 3.04. The number of nitrogens with two attached hydrogens (primary N) is 1. The Balaban J connectivity index is 2.06. The number of anilines is 2. The second kappa shape index (κ2) is 6.78. The minimum atomic E-state index is -0.370. The topological polar surface area (TPSA) is 82.2 Å². The molecule has 2 rings (SSSR count). The number of nitrogen functional groups attached to an aromatic ring is 1. The van der Waals surface area contributed by atoms with Crippen molar-refractivity contribution in [1.82, 2.24) is 9.78 Å². The van der Waals surface area contributed by atoms with Crippen LogP contribution in [0.5, 0.6) is 0 Å². The molecular weight excluding hydrogens is 268 g/mol. The zero-order valence-electron chi connectivity index (χ0n) is 12.3. The maximum atomic E-state index is 11.9. The Morgan fingerprint density at radius 2 is 2.24 bits per heavy atom. The number of ether oxygens (including phenoxy) is 1. The Morgan fingerprint density at radius 3 is 2.90 bits per heavy atom. The third-order valence-corrected chi connectivity index (χ3v) is 3.04. The molecule has 0 fully saturated rings. The Bertz CT molecular complexity index is 622. The van der Waals surface area contributed by atoms with Gasteiger partial charge in [-0.1, -0.05) is 6.07 Å². The van der Waals surface area contributed by atoms with E-state index in [-0.39, 0.29) is 5.97 Å². The highest BCUT2D eigenvalue weighted by molar-refractivity contribution is 5.98. The standard InChI is InChI=1S/C15H20N4O2/c1-3-21-15(20)12-5-4-6-13(16)14(12)17-9-7-11-8-10-19(2)18-11/h4-6,8,10,17H,3,7,9,16H2,1-2H3. The van der Waals surface area contributed by atoms with E-state index in [4.69, 9.17) is 10.5 Å². The van der Waals surface area contributed by atoms with Gasteiger partial charge in [0.15, 0.2) is 0 Å². The molecule has 6 heteroatoms. The van der Waals surface area contributed by atoms with Crippen molar-refractivity contribution in [2.45, 2.75) is 13.3 Å². The first-order valence-corrected chi connectivity index (χ1v) is 6.89. The van der Waals surface area contributed by atoms with E-state index >= 15 is 0 Å². The number of aromatic nitrogens is 2. The van der Waals surface area contributed by atoms with Gasteiger partial charge in [-0.3, -0.25) is 4.68 Å². The number of hydrogen-bond donors (Lipinski definition) is 2. The highest BCUT2D eigenvalue weighted by Gasteiger charge is 2.14. The average Bonchev–Trinajstić information content (AvgIpc) is 2.86. The summed E-state index contributed by atoms with van der Waals surface area (Å²) in [5, 5.41) is 7.51. The molecule has 0 unspecified atom stereocenters. The molecule has 1 heterocycles. The van der Waals surface area contributed by atoms with E-state index < -0.39 is 0 Å². The van der Waals surface area contributed by atoms with Gasteiger partial charge in [0, 0.05) is 26.2 Å². The first-order valence-electron chi connectivity index (χ1n) is 6.89. The number of carbonyl (C=O) groups excluding carboxylic acids is 1. The number of esters is 1. The van der Waals surface area contributed by atoms with Crippen molar-refractivity contribution < 1.29 is 9.53 Å². The molecule has 0 saturated carbocycles. The molecule has 0 atom stereocenters. The van der Waals surface area contributed by atoms with Crippen molar-refractivity contribution in [2.75, 3.05) is 24.2 Å². The minimum absolute atomic E-state index is 0.334. The molecule has 1 aromatic carbocycles. The predicted molar refractivity (Wildman–Crippen MR) is 82.2 cm³/mol. The van der Waals surface area contributed by atoms with Gasteiger partial charge in [-0.2, -0.15) is 5.10 Å². The largest absolute Gasteiger partial charge is 0.462 e. The van der Waals surface area contributed by atoms with Crippen molar-refractivity contribution in [3.63, 3.8) is 0 Å². The van der Waals surface area contributed by atoms with Gasteiger partial charge >= 0.3 is 5.97 Å². The fraction of sp³-hybridized carbons (Fsp3) is 0.333. The minimum Gasteiger partial charge on any atom is -0.462 e. The molecule has 6 nitrogen and oxygen atoms in total. The van der Waals surface area contributed by atoms with Crippen LogP contribution in [0.15, 0.2) is 30.5 Å². The predicted octanol–water partition coefficient (Wildman–Crippen LogP) is 1.83. The smallest absolute Gasteiger partial charge is 0.340 e. The number of para-hydroxylation sites is 1. The van der Waals surface area contributed by atoms with Crippen LogP contribution in [0.25, 0.3) is 0 Å². The molecule has 1 aromatic heterocycles. The highest BCUT2D eigenvalue weighted by Crippen LogP contribution is 2.24. The number of hydrogen-bond acceptors (Lipinski definition) is 5. The van der Waals surface area contributed by atoms with E-state index in [0.717, 1.165) is 12.1 Å². The number of nitrogens with one attached hydrogen (secondary N) is 1. The molecule has 0 saturated heterocycles. The van der Waals surface area contributed by atoms with Crippen LogP contribution in [0.1, 0.15) is 23.0 Å². The van der Waals surface area contributed by atoms with Gasteiger partial charge in [-0.25, -0.2) is 4.79 Å². The SMILES string of the molecule is CCOC(=O)c1cccc(N)c1NCCc1ccn(C)n1. The number of aryl methyl sites for hydroxylation is 1. The molecule has 0 spiro atoms. The van der Waals surface area contributed by atoms with Crippen LogP contribution in [0, 0.1) is 0 Å². The Labute approximate surface area is 123 Å². The maximum absolute atomic E-state index is 11.9. The summed E-state index contributed by atoms with van der Waals surface area (Å²) < 4.78 is 6.80. The molecule has 2 aromatic rings. The summed E-state index contributed by atoms with van der Waals surface area (Å²) in [5.74, 6) is -0.370. The lowest BCUT2D eigenvalue weighted by molar-refractivity contribution is 0.0527. The molecule has 0 radical (unpaired) electrons. The van der Waals surface area contributed by atoms with Crippen LogP contribution in [-0.2, 0) is 18.2 Å². The zero-order chi connectivity index (χ0) is 15.2. The van der Waals surface area contributed by atoms with Crippen molar-refractivity contribution in [1.29, 1.82) is 0 Å². The summed E-state index contributed by atoms with van der Waals surface area (Å²) >= 11 is 0. The van der Waals surface area contributed by atoms with Crippen LogP contribution in [0.4, 0.5) is 11.4 Å². The summed E-state index contributed by atoms with van der Waals surface area (Å²) in [6.45, 7) is 2.75. The molecule has 0 aliphatic carbocycles. The van der Waals surface area contributed by atoms with E-state index in [1.807, 2.05) is 19.3 Å². The van der Waals surface area contributed by atoms with Crippen LogP contribution in [-0.4, -0.2) is 28.9 Å². The van der Waals surface area contributed by atoms with Crippen molar-refractivity contribution in [2.24, 2.45) is 7.05 Å². The second-order valence-electron chi connectivity index (χ2n) is 4.65. The van der Waals surface area contributed by atoms with Gasteiger partial charge < -0.3 is 15.8 Å². The highest BCUT2D eigenvalue weighted by atomic mass is 16.5. The molecule has 0 amide bonds. The molecule has 21 heavy (non-hydrogen) atoms. The molecule has 0 aliphatic rings. The summed E-state index contributed by atoms with van der Waals surface area (Å²) in [5.41, 5.74) is 8.54.